The zero-order valence-corrected chi connectivity index (χ0v) is 15.5. The fourth-order valence-electron chi connectivity index (χ4n) is 3.50. The van der Waals surface area contributed by atoms with E-state index in [1.807, 2.05) is 61.5 Å². The number of para-hydroxylation sites is 1. The molecule has 0 aliphatic rings. The molecule has 3 aromatic rings. The third kappa shape index (κ3) is 3.70. The molecule has 0 amide bonds. The Kier molecular flexibility index (Phi) is 5.52. The molecular formula is C24H24O2. The van der Waals surface area contributed by atoms with Crippen LogP contribution in [0, 0.1) is 13.8 Å². The average Bonchev–Trinajstić information content (AvgIpc) is 2.67. The first kappa shape index (κ1) is 17.9. The minimum Gasteiger partial charge on any atom is -0.496 e. The van der Waals surface area contributed by atoms with Crippen molar-refractivity contribution in [3.63, 3.8) is 0 Å². The number of carbonyl (C=O) groups is 1. The Morgan fingerprint density at radius 3 is 2.04 bits per heavy atom. The number of rotatable bonds is 6. The van der Waals surface area contributed by atoms with Gasteiger partial charge in [0.1, 0.15) is 5.75 Å². The quantitative estimate of drug-likeness (QED) is 0.535. The maximum atomic E-state index is 13.1. The van der Waals surface area contributed by atoms with Crippen molar-refractivity contribution in [1.29, 1.82) is 0 Å². The van der Waals surface area contributed by atoms with E-state index in [2.05, 4.69) is 25.1 Å². The first-order valence-corrected chi connectivity index (χ1v) is 8.89. The maximum Gasteiger partial charge on any atom is 0.164 e. The lowest BCUT2D eigenvalue weighted by atomic mass is 9.83. The number of hydrogen-bond donors (Lipinski definition) is 0. The molecule has 3 aromatic carbocycles. The van der Waals surface area contributed by atoms with E-state index in [1.165, 1.54) is 11.1 Å². The molecule has 2 nitrogen and oxygen atoms in total. The van der Waals surface area contributed by atoms with Gasteiger partial charge in [-0.1, -0.05) is 66.7 Å². The molecule has 0 aliphatic carbocycles. The molecule has 0 saturated carbocycles. The molecule has 0 aliphatic heterocycles. The highest BCUT2D eigenvalue weighted by molar-refractivity contribution is 5.98. The Balaban J connectivity index is 2.06. The Labute approximate surface area is 155 Å². The van der Waals surface area contributed by atoms with Gasteiger partial charge in [-0.15, -0.1) is 0 Å². The number of ketones is 1. The van der Waals surface area contributed by atoms with E-state index < -0.39 is 0 Å². The van der Waals surface area contributed by atoms with Crippen molar-refractivity contribution in [3.8, 4) is 5.75 Å². The van der Waals surface area contributed by atoms with Crippen LogP contribution in [0.2, 0.25) is 0 Å². The van der Waals surface area contributed by atoms with E-state index in [0.29, 0.717) is 6.42 Å². The largest absolute Gasteiger partial charge is 0.496 e. The number of hydrogen-bond acceptors (Lipinski definition) is 2. The maximum absolute atomic E-state index is 13.1. The normalized spacial score (nSPS) is 11.8. The molecule has 0 N–H and O–H groups in total. The van der Waals surface area contributed by atoms with Crippen molar-refractivity contribution in [2.24, 2.45) is 0 Å². The zero-order chi connectivity index (χ0) is 18.5. The molecule has 3 rings (SSSR count). The molecule has 0 heterocycles. The average molecular weight is 344 g/mol. The van der Waals surface area contributed by atoms with Crippen molar-refractivity contribution in [1.82, 2.24) is 0 Å². The predicted molar refractivity (Wildman–Crippen MR) is 106 cm³/mol. The minimum atomic E-state index is -0.0422. The highest BCUT2D eigenvalue weighted by Crippen LogP contribution is 2.36. The molecular weight excluding hydrogens is 320 g/mol. The third-order valence-electron chi connectivity index (χ3n) is 4.91. The summed E-state index contributed by atoms with van der Waals surface area (Å²) in [6.45, 7) is 4.08. The van der Waals surface area contributed by atoms with E-state index >= 15 is 0 Å². The van der Waals surface area contributed by atoms with E-state index in [0.717, 1.165) is 22.4 Å². The van der Waals surface area contributed by atoms with Crippen molar-refractivity contribution in [2.75, 3.05) is 7.11 Å². The van der Waals surface area contributed by atoms with Crippen molar-refractivity contribution in [3.05, 3.63) is 101 Å². The van der Waals surface area contributed by atoms with E-state index in [9.17, 15) is 4.79 Å². The highest BCUT2D eigenvalue weighted by Gasteiger charge is 2.23. The van der Waals surface area contributed by atoms with Crippen LogP contribution in [0.5, 0.6) is 5.75 Å². The summed E-state index contributed by atoms with van der Waals surface area (Å²) >= 11 is 0. The van der Waals surface area contributed by atoms with Crippen LogP contribution in [0.1, 0.15) is 45.0 Å². The fourth-order valence-corrected chi connectivity index (χ4v) is 3.50. The number of carbonyl (C=O) groups excluding carboxylic acids is 1. The second-order valence-electron chi connectivity index (χ2n) is 6.59. The molecule has 0 fully saturated rings. The van der Waals surface area contributed by atoms with Gasteiger partial charge in [0.25, 0.3) is 0 Å². The van der Waals surface area contributed by atoms with Crippen molar-refractivity contribution in [2.45, 2.75) is 26.2 Å². The molecule has 2 heteroatoms. The first-order valence-electron chi connectivity index (χ1n) is 8.89. The standard InChI is InChI=1S/C24H24O2/c1-17-10-4-6-12-19(17)22(21-14-8-9-15-24(21)26-3)16-23(25)20-13-7-5-11-18(20)2/h4-15,22H,16H2,1-3H3. The molecule has 0 aromatic heterocycles. The third-order valence-corrected chi connectivity index (χ3v) is 4.91. The van der Waals surface area contributed by atoms with Gasteiger partial charge in [-0.3, -0.25) is 4.79 Å². The summed E-state index contributed by atoms with van der Waals surface area (Å²) < 4.78 is 5.59. The molecule has 0 saturated heterocycles. The first-order chi connectivity index (χ1) is 12.6. The van der Waals surface area contributed by atoms with Gasteiger partial charge in [-0.05, 0) is 36.6 Å². The summed E-state index contributed by atoms with van der Waals surface area (Å²) in [5.41, 5.74) is 5.20. The Bertz CT molecular complexity index is 911. The molecule has 0 radical (unpaired) electrons. The van der Waals surface area contributed by atoms with Crippen LogP contribution in [0.15, 0.2) is 72.8 Å². The van der Waals surface area contributed by atoms with E-state index in [1.54, 1.807) is 7.11 Å². The monoisotopic (exact) mass is 344 g/mol. The summed E-state index contributed by atoms with van der Waals surface area (Å²) in [6, 6.07) is 24.0. The second kappa shape index (κ2) is 8.01. The Morgan fingerprint density at radius 1 is 0.808 bits per heavy atom. The predicted octanol–water partition coefficient (Wildman–Crippen LogP) is 5.72. The lowest BCUT2D eigenvalue weighted by molar-refractivity contribution is 0.0977. The molecule has 1 unspecified atom stereocenters. The van der Waals surface area contributed by atoms with Crippen LogP contribution >= 0.6 is 0 Å². The molecule has 0 bridgehead atoms. The van der Waals surface area contributed by atoms with Crippen LogP contribution in [-0.4, -0.2) is 12.9 Å². The van der Waals surface area contributed by atoms with Gasteiger partial charge < -0.3 is 4.74 Å². The molecule has 0 spiro atoms. The molecule has 1 atom stereocenters. The van der Waals surface area contributed by atoms with Gasteiger partial charge in [-0.2, -0.15) is 0 Å². The Morgan fingerprint density at radius 2 is 1.38 bits per heavy atom. The van der Waals surface area contributed by atoms with Gasteiger partial charge in [0.05, 0.1) is 7.11 Å². The SMILES string of the molecule is COc1ccccc1C(CC(=O)c1ccccc1C)c1ccccc1C. The number of methoxy groups -OCH3 is 1. The number of aryl methyl sites for hydroxylation is 2. The fraction of sp³-hybridized carbons (Fsp3) is 0.208. The molecule has 26 heavy (non-hydrogen) atoms. The number of ether oxygens (including phenoxy) is 1. The summed E-state index contributed by atoms with van der Waals surface area (Å²) in [5.74, 6) is 0.931. The minimum absolute atomic E-state index is 0.0422. The van der Waals surface area contributed by atoms with Gasteiger partial charge in [0.15, 0.2) is 5.78 Å². The summed E-state index contributed by atoms with van der Waals surface area (Å²) in [6.07, 6.45) is 0.413. The summed E-state index contributed by atoms with van der Waals surface area (Å²) in [5, 5.41) is 0. The van der Waals surface area contributed by atoms with Crippen LogP contribution in [0.25, 0.3) is 0 Å². The number of benzene rings is 3. The van der Waals surface area contributed by atoms with Crippen LogP contribution in [0.4, 0.5) is 0 Å². The lowest BCUT2D eigenvalue weighted by Gasteiger charge is -2.22. The van der Waals surface area contributed by atoms with Gasteiger partial charge in [-0.25, -0.2) is 0 Å². The zero-order valence-electron chi connectivity index (χ0n) is 15.5. The lowest BCUT2D eigenvalue weighted by Crippen LogP contribution is -2.12. The van der Waals surface area contributed by atoms with Crippen molar-refractivity contribution < 1.29 is 9.53 Å². The molecule has 132 valence electrons. The topological polar surface area (TPSA) is 26.3 Å². The Hall–Kier alpha value is -2.87. The van der Waals surface area contributed by atoms with Gasteiger partial charge in [0.2, 0.25) is 0 Å². The van der Waals surface area contributed by atoms with Crippen LogP contribution in [0.3, 0.4) is 0 Å². The number of Topliss-reactive ketones (excluding diaryl/α,β-unsaturated/α-hetero) is 1. The highest BCUT2D eigenvalue weighted by atomic mass is 16.5. The second-order valence-corrected chi connectivity index (χ2v) is 6.59. The van der Waals surface area contributed by atoms with Crippen LogP contribution < -0.4 is 4.74 Å². The summed E-state index contributed by atoms with van der Waals surface area (Å²) in [7, 11) is 1.68. The van der Waals surface area contributed by atoms with E-state index in [-0.39, 0.29) is 11.7 Å². The smallest absolute Gasteiger partial charge is 0.164 e. The van der Waals surface area contributed by atoms with Crippen LogP contribution in [-0.2, 0) is 0 Å². The van der Waals surface area contributed by atoms with Crippen molar-refractivity contribution >= 4 is 5.78 Å². The van der Waals surface area contributed by atoms with Gasteiger partial charge in [0, 0.05) is 23.5 Å². The van der Waals surface area contributed by atoms with Gasteiger partial charge >= 0.3 is 0 Å². The summed E-state index contributed by atoms with van der Waals surface area (Å²) in [4.78, 5) is 13.1. The van der Waals surface area contributed by atoms with E-state index in [4.69, 9.17) is 4.74 Å².